The van der Waals surface area contributed by atoms with Crippen LogP contribution in [-0.4, -0.2) is 53.5 Å². The zero-order valence-electron chi connectivity index (χ0n) is 12.4. The molecule has 2 aliphatic rings. The number of nitrogens with zero attached hydrogens (tertiary/aromatic N) is 4. The third-order valence-electron chi connectivity index (χ3n) is 4.88. The first-order valence-electron chi connectivity index (χ1n) is 7.71. The summed E-state index contributed by atoms with van der Waals surface area (Å²) in [6, 6.07) is 0. The highest BCUT2D eigenvalue weighted by Crippen LogP contribution is 2.43. The van der Waals surface area contributed by atoms with Gasteiger partial charge in [0.05, 0.1) is 6.20 Å². The molecular formula is C15H23N5O. The number of aromatic nitrogens is 2. The van der Waals surface area contributed by atoms with Crippen LogP contribution in [-0.2, 0) is 4.79 Å². The van der Waals surface area contributed by atoms with E-state index in [1.54, 1.807) is 18.6 Å². The summed E-state index contributed by atoms with van der Waals surface area (Å²) < 4.78 is 0. The van der Waals surface area contributed by atoms with E-state index in [0.717, 1.165) is 44.8 Å². The van der Waals surface area contributed by atoms with Crippen molar-refractivity contribution < 1.29 is 4.79 Å². The molecule has 1 saturated carbocycles. The van der Waals surface area contributed by atoms with Crippen molar-refractivity contribution in [1.82, 2.24) is 14.9 Å². The molecule has 1 aliphatic carbocycles. The van der Waals surface area contributed by atoms with Crippen LogP contribution >= 0.6 is 0 Å². The summed E-state index contributed by atoms with van der Waals surface area (Å²) in [7, 11) is 0. The first kappa shape index (κ1) is 14.3. The van der Waals surface area contributed by atoms with E-state index in [9.17, 15) is 4.79 Å². The molecule has 1 amide bonds. The molecule has 0 spiro atoms. The van der Waals surface area contributed by atoms with Crippen LogP contribution in [0.5, 0.6) is 0 Å². The van der Waals surface area contributed by atoms with E-state index in [1.807, 2.05) is 4.90 Å². The summed E-state index contributed by atoms with van der Waals surface area (Å²) >= 11 is 0. The minimum Gasteiger partial charge on any atom is -0.352 e. The molecule has 2 N–H and O–H groups in total. The lowest BCUT2D eigenvalue weighted by Gasteiger charge is -2.43. The quantitative estimate of drug-likeness (QED) is 0.880. The van der Waals surface area contributed by atoms with Gasteiger partial charge in [-0.25, -0.2) is 4.98 Å². The molecule has 6 nitrogen and oxygen atoms in total. The van der Waals surface area contributed by atoms with Gasteiger partial charge < -0.3 is 15.5 Å². The fourth-order valence-electron chi connectivity index (χ4n) is 3.20. The summed E-state index contributed by atoms with van der Waals surface area (Å²) in [6.07, 6.45) is 9.20. The topological polar surface area (TPSA) is 75.4 Å². The first-order chi connectivity index (χ1) is 10.2. The van der Waals surface area contributed by atoms with Gasteiger partial charge in [-0.1, -0.05) is 6.42 Å². The number of nitrogens with two attached hydrogens (primary N) is 1. The number of anilines is 1. The van der Waals surface area contributed by atoms with Gasteiger partial charge in [-0.2, -0.15) is 0 Å². The number of carbonyl (C=O) groups excluding carboxylic acids is 1. The van der Waals surface area contributed by atoms with Gasteiger partial charge in [0.25, 0.3) is 0 Å². The minimum absolute atomic E-state index is 0.0964. The van der Waals surface area contributed by atoms with E-state index in [4.69, 9.17) is 5.73 Å². The van der Waals surface area contributed by atoms with E-state index < -0.39 is 0 Å². The van der Waals surface area contributed by atoms with Crippen LogP contribution in [0.3, 0.4) is 0 Å². The lowest BCUT2D eigenvalue weighted by molar-refractivity contribution is -0.135. The first-order valence-corrected chi connectivity index (χ1v) is 7.71. The molecule has 1 aromatic rings. The monoisotopic (exact) mass is 289 g/mol. The van der Waals surface area contributed by atoms with Crippen molar-refractivity contribution in [1.29, 1.82) is 0 Å². The standard InChI is InChI=1S/C15H23N5O/c16-12-15(2-1-3-15)10-14(21)20-8-6-19(7-9-20)13-11-17-4-5-18-13/h4-5,11H,1-3,6-10,12,16H2. The Morgan fingerprint density at radius 3 is 2.52 bits per heavy atom. The van der Waals surface area contributed by atoms with E-state index in [2.05, 4.69) is 14.9 Å². The van der Waals surface area contributed by atoms with Crippen molar-refractivity contribution in [2.45, 2.75) is 25.7 Å². The average molecular weight is 289 g/mol. The Morgan fingerprint density at radius 2 is 2.00 bits per heavy atom. The molecule has 2 heterocycles. The molecule has 0 aromatic carbocycles. The van der Waals surface area contributed by atoms with Crippen molar-refractivity contribution in [3.05, 3.63) is 18.6 Å². The molecule has 2 fully saturated rings. The molecule has 0 atom stereocenters. The molecule has 21 heavy (non-hydrogen) atoms. The van der Waals surface area contributed by atoms with Gasteiger partial charge in [-0.3, -0.25) is 9.78 Å². The molecule has 0 radical (unpaired) electrons. The highest BCUT2D eigenvalue weighted by atomic mass is 16.2. The Labute approximate surface area is 125 Å². The molecule has 6 heteroatoms. The second-order valence-electron chi connectivity index (χ2n) is 6.17. The summed E-state index contributed by atoms with van der Waals surface area (Å²) in [5, 5.41) is 0. The van der Waals surface area contributed by atoms with Gasteiger partial charge in [-0.15, -0.1) is 0 Å². The molecule has 1 aliphatic heterocycles. The van der Waals surface area contributed by atoms with Gasteiger partial charge >= 0.3 is 0 Å². The van der Waals surface area contributed by atoms with Crippen LogP contribution in [0.1, 0.15) is 25.7 Å². The summed E-state index contributed by atoms with van der Waals surface area (Å²) in [6.45, 7) is 3.80. The maximum absolute atomic E-state index is 12.4. The molecule has 114 valence electrons. The van der Waals surface area contributed by atoms with Crippen LogP contribution in [0.25, 0.3) is 0 Å². The average Bonchev–Trinajstić information content (AvgIpc) is 2.52. The van der Waals surface area contributed by atoms with E-state index >= 15 is 0 Å². The molecule has 1 aromatic heterocycles. The summed E-state index contributed by atoms with van der Waals surface area (Å²) in [5.74, 6) is 1.15. The van der Waals surface area contributed by atoms with Gasteiger partial charge in [-0.05, 0) is 24.8 Å². The molecule has 0 unspecified atom stereocenters. The normalized spacial score (nSPS) is 21.0. The second-order valence-corrected chi connectivity index (χ2v) is 6.17. The Hall–Kier alpha value is -1.69. The number of piperazine rings is 1. The predicted octanol–water partition coefficient (Wildman–Crippen LogP) is 0.644. The Morgan fingerprint density at radius 1 is 1.24 bits per heavy atom. The molecule has 0 bridgehead atoms. The minimum atomic E-state index is 0.0964. The maximum atomic E-state index is 12.4. The Balaban J connectivity index is 1.52. The van der Waals surface area contributed by atoms with Crippen molar-refractivity contribution in [2.24, 2.45) is 11.1 Å². The Bertz CT molecular complexity index is 475. The van der Waals surface area contributed by atoms with Crippen LogP contribution in [0, 0.1) is 5.41 Å². The zero-order valence-corrected chi connectivity index (χ0v) is 12.4. The number of hydrogen-bond donors (Lipinski definition) is 1. The van der Waals surface area contributed by atoms with Crippen molar-refractivity contribution in [2.75, 3.05) is 37.6 Å². The number of hydrogen-bond acceptors (Lipinski definition) is 5. The highest BCUT2D eigenvalue weighted by Gasteiger charge is 2.39. The predicted molar refractivity (Wildman–Crippen MR) is 80.8 cm³/mol. The van der Waals surface area contributed by atoms with E-state index in [1.165, 1.54) is 6.42 Å². The number of carbonyl (C=O) groups is 1. The third-order valence-corrected chi connectivity index (χ3v) is 4.88. The lowest BCUT2D eigenvalue weighted by atomic mass is 9.66. The van der Waals surface area contributed by atoms with Crippen LogP contribution in [0.2, 0.25) is 0 Å². The largest absolute Gasteiger partial charge is 0.352 e. The SMILES string of the molecule is NCC1(CC(=O)N2CCN(c3cnccn3)CC2)CCC1. The summed E-state index contributed by atoms with van der Waals surface area (Å²) in [4.78, 5) is 25.0. The van der Waals surface area contributed by atoms with Crippen LogP contribution in [0.15, 0.2) is 18.6 Å². The van der Waals surface area contributed by atoms with Crippen LogP contribution in [0.4, 0.5) is 5.82 Å². The molecule has 1 saturated heterocycles. The second kappa shape index (κ2) is 5.97. The van der Waals surface area contributed by atoms with Crippen molar-refractivity contribution >= 4 is 11.7 Å². The van der Waals surface area contributed by atoms with Gasteiger partial charge in [0.1, 0.15) is 5.82 Å². The number of amides is 1. The zero-order chi connectivity index (χ0) is 14.7. The fraction of sp³-hybridized carbons (Fsp3) is 0.667. The fourth-order valence-corrected chi connectivity index (χ4v) is 3.20. The van der Waals surface area contributed by atoms with Gasteiger partial charge in [0, 0.05) is 45.0 Å². The van der Waals surface area contributed by atoms with Gasteiger partial charge in [0.15, 0.2) is 0 Å². The number of rotatable bonds is 4. The van der Waals surface area contributed by atoms with E-state index in [-0.39, 0.29) is 11.3 Å². The third kappa shape index (κ3) is 3.00. The lowest BCUT2D eigenvalue weighted by Crippen LogP contribution is -2.51. The summed E-state index contributed by atoms with van der Waals surface area (Å²) in [5.41, 5.74) is 5.95. The highest BCUT2D eigenvalue weighted by molar-refractivity contribution is 5.77. The van der Waals surface area contributed by atoms with Gasteiger partial charge in [0.2, 0.25) is 5.91 Å². The van der Waals surface area contributed by atoms with Crippen LogP contribution < -0.4 is 10.6 Å². The molecular weight excluding hydrogens is 266 g/mol. The van der Waals surface area contributed by atoms with Crippen molar-refractivity contribution in [3.8, 4) is 0 Å². The maximum Gasteiger partial charge on any atom is 0.223 e. The van der Waals surface area contributed by atoms with Crippen molar-refractivity contribution in [3.63, 3.8) is 0 Å². The van der Waals surface area contributed by atoms with E-state index in [0.29, 0.717) is 13.0 Å². The molecule has 3 rings (SSSR count). The Kier molecular flexibility index (Phi) is 4.05. The smallest absolute Gasteiger partial charge is 0.223 e.